The van der Waals surface area contributed by atoms with Crippen LogP contribution in [-0.4, -0.2) is 21.7 Å². The van der Waals surface area contributed by atoms with Gasteiger partial charge in [0.1, 0.15) is 11.5 Å². The minimum atomic E-state index is -0.00442. The highest BCUT2D eigenvalue weighted by Gasteiger charge is 2.17. The molecule has 0 aliphatic heterocycles. The van der Waals surface area contributed by atoms with Gasteiger partial charge in [0.25, 0.3) is 0 Å². The molecule has 3 aromatic rings. The van der Waals surface area contributed by atoms with Gasteiger partial charge in [-0.15, -0.1) is 11.8 Å². The van der Waals surface area contributed by atoms with E-state index in [1.165, 1.54) is 17.3 Å². The van der Waals surface area contributed by atoms with Crippen LogP contribution in [-0.2, 0) is 17.9 Å². The van der Waals surface area contributed by atoms with Crippen LogP contribution in [0, 0.1) is 6.92 Å². The third kappa shape index (κ3) is 4.92. The fraction of sp³-hybridized carbons (Fsp3) is 0.190. The van der Waals surface area contributed by atoms with Crippen LogP contribution in [0.2, 0.25) is 0 Å². The SMILES string of the molecule is Cc1ccc(SCC(=O)N(Cc2ccco2)Cc2ccccc2O)cc1. The Bertz CT molecular complexity index is 844. The van der Waals surface area contributed by atoms with Gasteiger partial charge in [0.15, 0.2) is 0 Å². The Morgan fingerprint density at radius 3 is 2.50 bits per heavy atom. The molecule has 1 N–H and O–H groups in total. The maximum Gasteiger partial charge on any atom is 0.233 e. The Labute approximate surface area is 157 Å². The molecule has 0 saturated heterocycles. The summed E-state index contributed by atoms with van der Waals surface area (Å²) < 4.78 is 5.39. The van der Waals surface area contributed by atoms with Crippen LogP contribution < -0.4 is 0 Å². The monoisotopic (exact) mass is 367 g/mol. The lowest BCUT2D eigenvalue weighted by Gasteiger charge is -2.22. The molecule has 0 unspecified atom stereocenters. The van der Waals surface area contributed by atoms with Crippen LogP contribution in [0.15, 0.2) is 76.2 Å². The van der Waals surface area contributed by atoms with E-state index in [0.29, 0.717) is 30.2 Å². The molecule has 0 bridgehead atoms. The lowest BCUT2D eigenvalue weighted by molar-refractivity contribution is -0.129. The second-order valence-electron chi connectivity index (χ2n) is 6.06. The molecule has 0 atom stereocenters. The fourth-order valence-corrected chi connectivity index (χ4v) is 3.35. The summed E-state index contributed by atoms with van der Waals surface area (Å²) in [6.07, 6.45) is 1.60. The summed E-state index contributed by atoms with van der Waals surface area (Å²) in [4.78, 5) is 15.6. The van der Waals surface area contributed by atoms with Crippen molar-refractivity contribution in [1.82, 2.24) is 4.90 Å². The van der Waals surface area contributed by atoms with Crippen molar-refractivity contribution in [2.45, 2.75) is 24.9 Å². The molecule has 0 saturated carbocycles. The summed E-state index contributed by atoms with van der Waals surface area (Å²) in [6, 6.07) is 18.8. The molecular formula is C21H21NO3S. The van der Waals surface area contributed by atoms with Gasteiger partial charge in [0, 0.05) is 17.0 Å². The van der Waals surface area contributed by atoms with Crippen molar-refractivity contribution in [3.63, 3.8) is 0 Å². The highest BCUT2D eigenvalue weighted by Crippen LogP contribution is 2.22. The lowest BCUT2D eigenvalue weighted by atomic mass is 10.2. The van der Waals surface area contributed by atoms with Crippen molar-refractivity contribution in [2.75, 3.05) is 5.75 Å². The van der Waals surface area contributed by atoms with E-state index in [0.717, 1.165) is 4.90 Å². The molecular weight excluding hydrogens is 346 g/mol. The number of para-hydroxylation sites is 1. The topological polar surface area (TPSA) is 53.7 Å². The maximum absolute atomic E-state index is 12.8. The molecule has 2 aromatic carbocycles. The summed E-state index contributed by atoms with van der Waals surface area (Å²) >= 11 is 1.51. The van der Waals surface area contributed by atoms with Gasteiger partial charge in [0.05, 0.1) is 18.6 Å². The number of rotatable bonds is 7. The zero-order valence-corrected chi connectivity index (χ0v) is 15.4. The predicted octanol–water partition coefficient (Wildman–Crippen LogP) is 4.61. The minimum Gasteiger partial charge on any atom is -0.508 e. The molecule has 0 aliphatic carbocycles. The number of benzene rings is 2. The summed E-state index contributed by atoms with van der Waals surface area (Å²) in [7, 11) is 0. The standard InChI is InChI=1S/C21H21NO3S/c1-16-8-10-19(11-9-16)26-15-21(24)22(14-18-6-4-12-25-18)13-17-5-2-3-7-20(17)23/h2-12,23H,13-15H2,1H3. The van der Waals surface area contributed by atoms with E-state index in [9.17, 15) is 9.90 Å². The van der Waals surface area contributed by atoms with Gasteiger partial charge in [-0.1, -0.05) is 35.9 Å². The minimum absolute atomic E-state index is 0.00442. The first kappa shape index (κ1) is 18.1. The van der Waals surface area contributed by atoms with Gasteiger partial charge < -0.3 is 14.4 Å². The normalized spacial score (nSPS) is 10.7. The molecule has 1 amide bonds. The first-order valence-corrected chi connectivity index (χ1v) is 9.37. The number of hydrogen-bond donors (Lipinski definition) is 1. The maximum atomic E-state index is 12.8. The summed E-state index contributed by atoms with van der Waals surface area (Å²) in [5.74, 6) is 1.23. The van der Waals surface area contributed by atoms with Crippen LogP contribution >= 0.6 is 11.8 Å². The van der Waals surface area contributed by atoms with Crippen LogP contribution in [0.5, 0.6) is 5.75 Å². The Hall–Kier alpha value is -2.66. The highest BCUT2D eigenvalue weighted by atomic mass is 32.2. The number of phenolic OH excluding ortho intramolecular Hbond substituents is 1. The molecule has 5 heteroatoms. The average molecular weight is 367 g/mol. The largest absolute Gasteiger partial charge is 0.508 e. The van der Waals surface area contributed by atoms with Crippen LogP contribution in [0.1, 0.15) is 16.9 Å². The first-order chi connectivity index (χ1) is 12.6. The molecule has 1 aromatic heterocycles. The van der Waals surface area contributed by atoms with Gasteiger partial charge in [-0.2, -0.15) is 0 Å². The van der Waals surface area contributed by atoms with Crippen molar-refractivity contribution >= 4 is 17.7 Å². The molecule has 1 heterocycles. The van der Waals surface area contributed by atoms with Crippen molar-refractivity contribution in [2.24, 2.45) is 0 Å². The smallest absolute Gasteiger partial charge is 0.233 e. The van der Waals surface area contributed by atoms with E-state index >= 15 is 0 Å². The molecule has 0 spiro atoms. The second-order valence-corrected chi connectivity index (χ2v) is 7.11. The molecule has 0 aliphatic rings. The van der Waals surface area contributed by atoms with Crippen molar-refractivity contribution in [3.05, 3.63) is 83.8 Å². The van der Waals surface area contributed by atoms with Gasteiger partial charge in [-0.3, -0.25) is 4.79 Å². The first-order valence-electron chi connectivity index (χ1n) is 8.38. The molecule has 0 radical (unpaired) electrons. The van der Waals surface area contributed by atoms with Gasteiger partial charge in [-0.05, 0) is 37.3 Å². The van der Waals surface area contributed by atoms with E-state index in [2.05, 4.69) is 0 Å². The van der Waals surface area contributed by atoms with E-state index in [1.54, 1.807) is 29.4 Å². The molecule has 26 heavy (non-hydrogen) atoms. The molecule has 3 rings (SSSR count). The summed E-state index contributed by atoms with van der Waals surface area (Å²) in [5.41, 5.74) is 1.91. The van der Waals surface area contributed by atoms with E-state index < -0.39 is 0 Å². The van der Waals surface area contributed by atoms with Crippen molar-refractivity contribution in [3.8, 4) is 5.75 Å². The quantitative estimate of drug-likeness (QED) is 0.619. The number of thioether (sulfide) groups is 1. The van der Waals surface area contributed by atoms with E-state index in [4.69, 9.17) is 4.42 Å². The van der Waals surface area contributed by atoms with Crippen LogP contribution in [0.25, 0.3) is 0 Å². The number of hydrogen-bond acceptors (Lipinski definition) is 4. The van der Waals surface area contributed by atoms with Gasteiger partial charge in [-0.25, -0.2) is 0 Å². The summed E-state index contributed by atoms with van der Waals surface area (Å²) in [6.45, 7) is 2.74. The number of amides is 1. The van der Waals surface area contributed by atoms with Crippen molar-refractivity contribution < 1.29 is 14.3 Å². The molecule has 134 valence electrons. The van der Waals surface area contributed by atoms with E-state index in [-0.39, 0.29) is 11.7 Å². The van der Waals surface area contributed by atoms with E-state index in [1.807, 2.05) is 49.4 Å². The number of aryl methyl sites for hydroxylation is 1. The molecule has 0 fully saturated rings. The zero-order valence-electron chi connectivity index (χ0n) is 14.6. The Morgan fingerprint density at radius 1 is 1.04 bits per heavy atom. The number of aromatic hydroxyl groups is 1. The second kappa shape index (κ2) is 8.63. The summed E-state index contributed by atoms with van der Waals surface area (Å²) in [5, 5.41) is 10.0. The fourth-order valence-electron chi connectivity index (χ4n) is 2.54. The zero-order chi connectivity index (χ0) is 18.4. The van der Waals surface area contributed by atoms with Crippen LogP contribution in [0.4, 0.5) is 0 Å². The predicted molar refractivity (Wildman–Crippen MR) is 103 cm³/mol. The van der Waals surface area contributed by atoms with Crippen LogP contribution in [0.3, 0.4) is 0 Å². The third-order valence-electron chi connectivity index (χ3n) is 4.02. The van der Waals surface area contributed by atoms with Crippen molar-refractivity contribution in [1.29, 1.82) is 0 Å². The number of carbonyl (C=O) groups is 1. The number of furan rings is 1. The Kier molecular flexibility index (Phi) is 6.02. The number of carbonyl (C=O) groups excluding carboxylic acids is 1. The molecule has 4 nitrogen and oxygen atoms in total. The third-order valence-corrected chi connectivity index (χ3v) is 5.01. The number of nitrogens with zero attached hydrogens (tertiary/aromatic N) is 1. The number of phenols is 1. The van der Waals surface area contributed by atoms with Gasteiger partial charge in [0.2, 0.25) is 5.91 Å². The lowest BCUT2D eigenvalue weighted by Crippen LogP contribution is -2.31. The Balaban J connectivity index is 1.70. The average Bonchev–Trinajstić information content (AvgIpc) is 3.15. The highest BCUT2D eigenvalue weighted by molar-refractivity contribution is 8.00. The van der Waals surface area contributed by atoms with Gasteiger partial charge >= 0.3 is 0 Å². The Morgan fingerprint density at radius 2 is 1.81 bits per heavy atom.